The number of carboxylic acid groups (broad SMARTS) is 3. The zero-order chi connectivity index (χ0) is 104. The van der Waals surface area contributed by atoms with Crippen LogP contribution in [-0.4, -0.2) is 376 Å². The molecule has 7 rings (SSSR count). The Bertz CT molecular complexity index is 3670. The fourth-order valence-electron chi connectivity index (χ4n) is 10.2. The molecule has 3 amide bonds. The maximum Gasteiger partial charge on any atom is 0.410 e. The Balaban J connectivity index is -0.000000221. The van der Waals surface area contributed by atoms with Gasteiger partial charge >= 0.3 is 54.0 Å². The van der Waals surface area contributed by atoms with Crippen molar-refractivity contribution in [3.05, 3.63) is 113 Å². The lowest BCUT2D eigenvalue weighted by atomic mass is 10.0. The van der Waals surface area contributed by atoms with Crippen molar-refractivity contribution in [1.82, 2.24) is 40.0 Å². The molecule has 3 aromatic rings. The number of carboxylic acids is 3. The molecule has 42 heteroatoms. The lowest BCUT2D eigenvalue weighted by Crippen LogP contribution is -2.41. The number of nitrogens with one attached hydrogen (secondary N) is 2. The monoisotopic (exact) mass is 2030 g/mol. The molecule has 1 unspecified atom stereocenters. The number of nitrogens with zero attached hydrogens (tertiary/aromatic N) is 6. The number of hydrogen-bond donors (Lipinski definition) is 15. The molecular formula is C94H169BrClN13O27. The number of ether oxygens (including phenoxy) is 6. The molecule has 0 aromatic heterocycles. The van der Waals surface area contributed by atoms with E-state index in [0.29, 0.717) is 84.1 Å². The zero-order valence-corrected chi connectivity index (χ0v) is 87.1. The zero-order valence-electron chi connectivity index (χ0n) is 84.6. The predicted octanol–water partition coefficient (Wildman–Crippen LogP) is 4.78. The second-order valence-electron chi connectivity index (χ2n) is 34.3. The summed E-state index contributed by atoms with van der Waals surface area (Å²) in [6, 6.07) is 24.6. The number of halogens is 2. The molecule has 3 fully saturated rings. The Morgan fingerprint density at radius 2 is 1.04 bits per heavy atom. The molecule has 0 radical (unpaired) electrons. The number of aliphatic hydroxyl groups is 5. The SMILES string of the molecule is Br.CC(C)(C)OC(=O)N1CCC[C@@H]1C=O.CC(C)(C)OC(=O)N[C@@H](C=O)Cc1ccccc1.CCCC(=O)CC(=O)N[C@H]1CCOC1=O.CCOC(=O)CN(C)C.CCOC(=O)CN(C)C.CC[C@H](C)[C@H](N)CO.CN(C)CC(=O)O.CN(C)CC(=O)O.CN(C)[C@@H](Cc1ccccc1)C(=O)O.C[C@@H](O)[C@H](N)CO.C[C@H](N)CO.Cl.NC1CCOC1=O.N[C@H](CO)CC1=CCc2ccccc21. The number of amides is 3. The highest BCUT2D eigenvalue weighted by Gasteiger charge is 2.33. The van der Waals surface area contributed by atoms with Crippen LogP contribution in [0.1, 0.15) is 170 Å². The van der Waals surface area contributed by atoms with Crippen molar-refractivity contribution in [3.63, 3.8) is 0 Å². The van der Waals surface area contributed by atoms with Gasteiger partial charge in [0.25, 0.3) is 0 Å². The number of benzene rings is 3. The first kappa shape index (κ1) is 142. The number of likely N-dealkylation sites (tertiary alicyclic amines) is 1. The van der Waals surface area contributed by atoms with E-state index >= 15 is 0 Å². The van der Waals surface area contributed by atoms with E-state index in [0.717, 1.165) is 62.2 Å². The molecule has 40 nitrogen and oxygen atoms in total. The van der Waals surface area contributed by atoms with Crippen LogP contribution in [0.2, 0.25) is 0 Å². The molecular weight excluding hydrogens is 1860 g/mol. The van der Waals surface area contributed by atoms with Crippen LogP contribution in [0.3, 0.4) is 0 Å². The number of Topliss-reactive ketones (excluding diaryl/α,β-unsaturated/α-hetero) is 1. The predicted molar refractivity (Wildman–Crippen MR) is 532 cm³/mol. The molecule has 786 valence electrons. The quantitative estimate of drug-likeness (QED) is 0.0169. The summed E-state index contributed by atoms with van der Waals surface area (Å²) in [5.41, 5.74) is 31.5. The second-order valence-corrected chi connectivity index (χ2v) is 34.3. The van der Waals surface area contributed by atoms with Gasteiger partial charge in [-0.2, -0.15) is 0 Å². The normalized spacial score (nSPS) is 15.6. The van der Waals surface area contributed by atoms with Crippen LogP contribution < -0.4 is 39.3 Å². The molecule has 3 heterocycles. The Hall–Kier alpha value is -9.12. The third kappa shape index (κ3) is 85.3. The van der Waals surface area contributed by atoms with Gasteiger partial charge in [0.1, 0.15) is 47.7 Å². The number of rotatable bonds is 33. The summed E-state index contributed by atoms with van der Waals surface area (Å²) >= 11 is 0. The first-order chi connectivity index (χ1) is 62.4. The summed E-state index contributed by atoms with van der Waals surface area (Å²) in [6.45, 7) is 27.1. The van der Waals surface area contributed by atoms with E-state index in [1.54, 1.807) is 115 Å². The molecule has 11 atom stereocenters. The van der Waals surface area contributed by atoms with Crippen molar-refractivity contribution in [1.29, 1.82) is 0 Å². The summed E-state index contributed by atoms with van der Waals surface area (Å²) in [4.78, 5) is 150. The molecule has 0 saturated carbocycles. The highest BCUT2D eigenvalue weighted by molar-refractivity contribution is 8.93. The first-order valence-corrected chi connectivity index (χ1v) is 44.5. The summed E-state index contributed by atoms with van der Waals surface area (Å²) in [5, 5.41) is 72.3. The minimum atomic E-state index is -0.787. The lowest BCUT2D eigenvalue weighted by molar-refractivity contribution is -0.144. The number of allylic oxidation sites excluding steroid dienone is 1. The minimum absolute atomic E-state index is 0. The number of fused-ring (bicyclic) bond motifs is 1. The number of hydrogen-bond acceptors (Lipinski definition) is 34. The maximum absolute atomic E-state index is 11.6. The number of ketones is 1. The summed E-state index contributed by atoms with van der Waals surface area (Å²) in [6.07, 6.45) is 9.81. The number of carbonyl (C=O) groups excluding carboxylic acids is 10. The summed E-state index contributed by atoms with van der Waals surface area (Å²) in [7, 11) is 17.7. The minimum Gasteiger partial charge on any atom is -0.480 e. The fraction of sp³-hybridized carbons (Fsp3) is 0.649. The van der Waals surface area contributed by atoms with Crippen molar-refractivity contribution in [3.8, 4) is 0 Å². The van der Waals surface area contributed by atoms with E-state index in [1.165, 1.54) is 21.6 Å². The van der Waals surface area contributed by atoms with E-state index in [4.69, 9.17) is 79.0 Å². The Kier molecular flexibility index (Phi) is 89.0. The van der Waals surface area contributed by atoms with Gasteiger partial charge < -0.3 is 118 Å². The van der Waals surface area contributed by atoms with Crippen LogP contribution in [0.25, 0.3) is 5.57 Å². The number of cyclic esters (lactones) is 2. The number of alkyl carbamates (subject to hydrolysis) is 1. The molecule has 4 aliphatic rings. The van der Waals surface area contributed by atoms with Gasteiger partial charge in [0.2, 0.25) is 5.91 Å². The van der Waals surface area contributed by atoms with Gasteiger partial charge in [0.05, 0.1) is 110 Å². The van der Waals surface area contributed by atoms with Gasteiger partial charge in [-0.15, -0.1) is 29.4 Å². The molecule has 20 N–H and O–H groups in total. The third-order valence-electron chi connectivity index (χ3n) is 17.3. The van der Waals surface area contributed by atoms with Gasteiger partial charge in [0.15, 0.2) is 0 Å². The van der Waals surface area contributed by atoms with Gasteiger partial charge in [-0.05, 0) is 218 Å². The van der Waals surface area contributed by atoms with E-state index < -0.39 is 77.4 Å². The van der Waals surface area contributed by atoms with Crippen molar-refractivity contribution in [2.24, 2.45) is 34.6 Å². The number of esters is 4. The first-order valence-electron chi connectivity index (χ1n) is 44.5. The summed E-state index contributed by atoms with van der Waals surface area (Å²) < 4.78 is 28.8. The highest BCUT2D eigenvalue weighted by Crippen LogP contribution is 2.30. The standard InChI is InChI=1S/C14H19NO3.C12H15NO.C11H15NO2.C10H15NO4.C10H17NO3.2C6H13NO2.C6H15NO.C4H7NO2.2C4H9NO2.C4H11NO2.C3H9NO.BrH.ClH/c1-14(2,3)18-13(17)15-12(10-16)9-11-7-5-4-6-8-11;13-11(8-14)7-10-6-5-9-3-1-2-4-12(9)10;1-12(2)10(11(13)14)8-9-6-4-3-5-7-9;1-2-3-7(12)6-9(13)11-8-4-5-15-10(8)14;1-10(2,3)14-9(13)11-6-4-5-8(11)7-12;2*1-4-9-6(8)5-7(2)3;1-3-5(2)6(7)4-8;5-3-1-2-7-4(3)6;2*1-5(2)3-4(6)7;1-3(7)4(5)2-6;1-3(4)2-5;;/h4-8,10,12H,9H2,1-3H3,(H,15,17);1-4,6,11,14H,5,7-8,13H2;3-7,10H,8H2,1-2H3,(H,13,14);8H,2-6H2,1H3,(H,11,13);7-8H,4-6H2,1-3H3;2*4-5H2,1-3H3;5-6,8H,3-4,7H2,1-2H3;3H,1-2,5H2;2*3H2,1-2H3,(H,6,7);3-4,6-7H,2,5H2,1H3;3,5H,2,4H2,1H3;2*1H/t12-;11-;10-;2*8-;;;5-,6+;;;;3-,4-;3-;;/m10001..0...10../s1. The molecule has 3 saturated heterocycles. The van der Waals surface area contributed by atoms with E-state index in [-0.39, 0.29) is 135 Å². The maximum atomic E-state index is 11.6. The third-order valence-corrected chi connectivity index (χ3v) is 17.3. The number of aliphatic hydroxyl groups excluding tert-OH is 5. The molecule has 1 aliphatic carbocycles. The number of aldehydes is 2. The Labute approximate surface area is 823 Å². The van der Waals surface area contributed by atoms with Crippen LogP contribution in [0.15, 0.2) is 91.0 Å². The van der Waals surface area contributed by atoms with Crippen molar-refractivity contribution in [2.75, 3.05) is 156 Å². The highest BCUT2D eigenvalue weighted by atomic mass is 79.9. The number of carbonyl (C=O) groups is 13. The lowest BCUT2D eigenvalue weighted by Gasteiger charge is -2.26. The smallest absolute Gasteiger partial charge is 0.410 e. The van der Waals surface area contributed by atoms with E-state index in [9.17, 15) is 62.3 Å². The van der Waals surface area contributed by atoms with Crippen LogP contribution >= 0.6 is 29.4 Å². The van der Waals surface area contributed by atoms with Crippen molar-refractivity contribution >= 4 is 113 Å². The Morgan fingerprint density at radius 3 is 1.36 bits per heavy atom. The summed E-state index contributed by atoms with van der Waals surface area (Å²) in [5.74, 6) is -3.40. The number of likely N-dealkylation sites (N-methyl/N-ethyl adjacent to an activating group) is 5. The largest absolute Gasteiger partial charge is 0.480 e. The molecule has 136 heavy (non-hydrogen) atoms. The van der Waals surface area contributed by atoms with Crippen molar-refractivity contribution < 1.29 is 132 Å². The van der Waals surface area contributed by atoms with Crippen LogP contribution in [-0.2, 0) is 100 Å². The van der Waals surface area contributed by atoms with E-state index in [2.05, 4.69) is 60.8 Å². The van der Waals surface area contributed by atoms with Gasteiger partial charge in [-0.3, -0.25) is 67.8 Å². The van der Waals surface area contributed by atoms with Crippen LogP contribution in [0.5, 0.6) is 0 Å². The van der Waals surface area contributed by atoms with Gasteiger partial charge in [-0.1, -0.05) is 118 Å². The topological polar surface area (TPSA) is 613 Å². The molecule has 3 aromatic carbocycles. The molecule has 3 aliphatic heterocycles. The van der Waals surface area contributed by atoms with E-state index in [1.807, 2.05) is 130 Å². The molecule has 0 spiro atoms. The van der Waals surface area contributed by atoms with Crippen LogP contribution in [0.4, 0.5) is 9.59 Å². The van der Waals surface area contributed by atoms with Gasteiger partial charge in [-0.25, -0.2) is 14.4 Å². The van der Waals surface area contributed by atoms with Crippen molar-refractivity contribution in [2.45, 2.75) is 239 Å². The van der Waals surface area contributed by atoms with Gasteiger partial charge in [0, 0.05) is 43.9 Å². The molecule has 0 bridgehead atoms. The number of nitrogens with two attached hydrogens (primary N) is 5. The number of aliphatic carboxylic acids is 3. The second kappa shape index (κ2) is 85.1. The Morgan fingerprint density at radius 1 is 0.596 bits per heavy atom. The average Bonchev–Trinajstić information content (AvgIpc) is 1.69. The fourth-order valence-corrected chi connectivity index (χ4v) is 10.2. The average molecular weight is 2030 g/mol. The van der Waals surface area contributed by atoms with Crippen LogP contribution in [0, 0.1) is 5.92 Å².